The van der Waals surface area contributed by atoms with Gasteiger partial charge in [-0.2, -0.15) is 0 Å². The molecule has 5 heteroatoms. The molecule has 1 aromatic rings. The van der Waals surface area contributed by atoms with Crippen LogP contribution in [0.3, 0.4) is 0 Å². The van der Waals surface area contributed by atoms with E-state index in [1.807, 2.05) is 24.3 Å². The van der Waals surface area contributed by atoms with Crippen LogP contribution in [0.25, 0.3) is 6.08 Å². The molecule has 2 fully saturated rings. The van der Waals surface area contributed by atoms with E-state index in [1.54, 1.807) is 17.1 Å². The van der Waals surface area contributed by atoms with Crippen LogP contribution in [0.15, 0.2) is 30.3 Å². The maximum atomic E-state index is 12.1. The first-order valence-corrected chi connectivity index (χ1v) is 7.21. The van der Waals surface area contributed by atoms with E-state index >= 15 is 0 Å². The first-order chi connectivity index (χ1) is 10.3. The van der Waals surface area contributed by atoms with Gasteiger partial charge in [-0.1, -0.05) is 18.2 Å². The Bertz CT molecular complexity index is 519. The number of rotatable bonds is 5. The van der Waals surface area contributed by atoms with Gasteiger partial charge in [0.1, 0.15) is 18.5 Å². The van der Waals surface area contributed by atoms with Gasteiger partial charge in [-0.15, -0.1) is 0 Å². The molecular weight excluding hydrogens is 270 g/mol. The van der Waals surface area contributed by atoms with Gasteiger partial charge < -0.3 is 19.1 Å². The first kappa shape index (κ1) is 14.1. The molecule has 2 heterocycles. The Morgan fingerprint density at radius 1 is 1.33 bits per heavy atom. The summed E-state index contributed by atoms with van der Waals surface area (Å²) in [6.45, 7) is 3.86. The van der Waals surface area contributed by atoms with Gasteiger partial charge in [0.2, 0.25) is 5.91 Å². The van der Waals surface area contributed by atoms with Crippen LogP contribution in [-0.2, 0) is 14.3 Å². The van der Waals surface area contributed by atoms with Gasteiger partial charge in [0.25, 0.3) is 0 Å². The van der Waals surface area contributed by atoms with E-state index in [9.17, 15) is 4.79 Å². The van der Waals surface area contributed by atoms with E-state index in [2.05, 4.69) is 0 Å². The summed E-state index contributed by atoms with van der Waals surface area (Å²) in [6, 6.07) is 7.69. The Labute approximate surface area is 124 Å². The Balaban J connectivity index is 1.62. The molecule has 3 rings (SSSR count). The standard InChI is InChI=1S/C16H19NO4/c18-16(17-7-9-19-10-8-17)6-5-13-3-1-2-4-15(13)21-12-14-11-20-14/h1-6,14H,7-12H2/b6-5+/t14-/m0/s1. The third-order valence-corrected chi connectivity index (χ3v) is 3.47. The summed E-state index contributed by atoms with van der Waals surface area (Å²) in [4.78, 5) is 13.9. The number of carbonyl (C=O) groups excluding carboxylic acids is 1. The van der Waals surface area contributed by atoms with Gasteiger partial charge in [0.05, 0.1) is 19.8 Å². The first-order valence-electron chi connectivity index (χ1n) is 7.21. The number of nitrogens with zero attached hydrogens (tertiary/aromatic N) is 1. The monoisotopic (exact) mass is 289 g/mol. The largest absolute Gasteiger partial charge is 0.490 e. The van der Waals surface area contributed by atoms with Crippen LogP contribution >= 0.6 is 0 Å². The summed E-state index contributed by atoms with van der Waals surface area (Å²) in [5.41, 5.74) is 0.903. The molecule has 2 saturated heterocycles. The van der Waals surface area contributed by atoms with Crippen molar-refractivity contribution < 1.29 is 19.0 Å². The summed E-state index contributed by atoms with van der Waals surface area (Å²) in [5.74, 6) is 0.789. The number of morpholine rings is 1. The zero-order valence-corrected chi connectivity index (χ0v) is 11.9. The van der Waals surface area contributed by atoms with E-state index in [4.69, 9.17) is 14.2 Å². The maximum absolute atomic E-state index is 12.1. The van der Waals surface area contributed by atoms with Crippen molar-refractivity contribution in [3.63, 3.8) is 0 Å². The molecule has 21 heavy (non-hydrogen) atoms. The van der Waals surface area contributed by atoms with E-state index in [1.165, 1.54) is 0 Å². The number of epoxide rings is 1. The molecule has 0 radical (unpaired) electrons. The highest BCUT2D eigenvalue weighted by Gasteiger charge is 2.23. The molecular formula is C16H19NO4. The van der Waals surface area contributed by atoms with Gasteiger partial charge in [-0.05, 0) is 12.1 Å². The van der Waals surface area contributed by atoms with Crippen molar-refractivity contribution in [1.82, 2.24) is 4.90 Å². The van der Waals surface area contributed by atoms with Crippen LogP contribution in [0.2, 0.25) is 0 Å². The molecule has 0 spiro atoms. The lowest BCUT2D eigenvalue weighted by Gasteiger charge is -2.25. The summed E-state index contributed by atoms with van der Waals surface area (Å²) in [5, 5.41) is 0. The molecule has 1 amide bonds. The van der Waals surface area contributed by atoms with E-state index in [-0.39, 0.29) is 12.0 Å². The minimum Gasteiger partial charge on any atom is -0.490 e. The normalized spacial score (nSPS) is 21.5. The molecule has 1 atom stereocenters. The number of amides is 1. The second kappa shape index (κ2) is 6.74. The van der Waals surface area contributed by atoms with Crippen LogP contribution in [0.4, 0.5) is 0 Å². The molecule has 0 N–H and O–H groups in total. The van der Waals surface area contributed by atoms with Crippen molar-refractivity contribution in [3.05, 3.63) is 35.9 Å². The number of hydrogen-bond acceptors (Lipinski definition) is 4. The molecule has 112 valence electrons. The van der Waals surface area contributed by atoms with Gasteiger partial charge in [0.15, 0.2) is 0 Å². The van der Waals surface area contributed by atoms with Gasteiger partial charge in [-0.25, -0.2) is 0 Å². The molecule has 5 nitrogen and oxygen atoms in total. The average molecular weight is 289 g/mol. The Morgan fingerprint density at radius 2 is 2.10 bits per heavy atom. The van der Waals surface area contributed by atoms with Crippen LogP contribution in [-0.4, -0.2) is 56.4 Å². The summed E-state index contributed by atoms with van der Waals surface area (Å²) < 4.78 is 16.1. The van der Waals surface area contributed by atoms with Crippen LogP contribution in [0.1, 0.15) is 5.56 Å². The zero-order valence-electron chi connectivity index (χ0n) is 11.9. The molecule has 2 aliphatic rings. The van der Waals surface area contributed by atoms with E-state index in [0.717, 1.165) is 17.9 Å². The Morgan fingerprint density at radius 3 is 2.86 bits per heavy atom. The second-order valence-corrected chi connectivity index (χ2v) is 5.08. The van der Waals surface area contributed by atoms with Gasteiger partial charge in [0, 0.05) is 24.7 Å². The third kappa shape index (κ3) is 4.06. The highest BCUT2D eigenvalue weighted by atomic mass is 16.6. The molecule has 0 saturated carbocycles. The Hall–Kier alpha value is -1.85. The molecule has 0 aromatic heterocycles. The lowest BCUT2D eigenvalue weighted by atomic mass is 10.2. The molecule has 0 aliphatic carbocycles. The fourth-order valence-corrected chi connectivity index (χ4v) is 2.15. The number of carbonyl (C=O) groups is 1. The highest BCUT2D eigenvalue weighted by molar-refractivity contribution is 5.92. The molecule has 0 bridgehead atoms. The summed E-state index contributed by atoms with van der Waals surface area (Å²) in [6.07, 6.45) is 3.62. The number of ether oxygens (including phenoxy) is 3. The van der Waals surface area contributed by atoms with Crippen LogP contribution in [0, 0.1) is 0 Å². The van der Waals surface area contributed by atoms with Crippen LogP contribution < -0.4 is 4.74 Å². The van der Waals surface area contributed by atoms with E-state index < -0.39 is 0 Å². The van der Waals surface area contributed by atoms with Crippen molar-refractivity contribution in [2.45, 2.75) is 6.10 Å². The second-order valence-electron chi connectivity index (χ2n) is 5.08. The summed E-state index contributed by atoms with van der Waals surface area (Å²) >= 11 is 0. The number of benzene rings is 1. The summed E-state index contributed by atoms with van der Waals surface area (Å²) in [7, 11) is 0. The smallest absolute Gasteiger partial charge is 0.246 e. The molecule has 1 aromatic carbocycles. The topological polar surface area (TPSA) is 51.3 Å². The fraction of sp³-hybridized carbons (Fsp3) is 0.438. The average Bonchev–Trinajstić information content (AvgIpc) is 3.36. The zero-order chi connectivity index (χ0) is 14.5. The van der Waals surface area contributed by atoms with Crippen molar-refractivity contribution in [2.75, 3.05) is 39.5 Å². The third-order valence-electron chi connectivity index (χ3n) is 3.47. The van der Waals surface area contributed by atoms with E-state index in [0.29, 0.717) is 32.9 Å². The van der Waals surface area contributed by atoms with Crippen LogP contribution in [0.5, 0.6) is 5.75 Å². The minimum absolute atomic E-state index is 0.0126. The van der Waals surface area contributed by atoms with Gasteiger partial charge >= 0.3 is 0 Å². The maximum Gasteiger partial charge on any atom is 0.246 e. The fourth-order valence-electron chi connectivity index (χ4n) is 2.15. The predicted molar refractivity (Wildman–Crippen MR) is 78.1 cm³/mol. The van der Waals surface area contributed by atoms with Crippen molar-refractivity contribution in [3.8, 4) is 5.75 Å². The molecule has 2 aliphatic heterocycles. The number of hydrogen-bond donors (Lipinski definition) is 0. The van der Waals surface area contributed by atoms with Crippen molar-refractivity contribution in [2.24, 2.45) is 0 Å². The SMILES string of the molecule is O=C(/C=C/c1ccccc1OC[C@@H]1CO1)N1CCOCC1. The van der Waals surface area contributed by atoms with Gasteiger partial charge in [-0.3, -0.25) is 4.79 Å². The van der Waals surface area contributed by atoms with Crippen molar-refractivity contribution in [1.29, 1.82) is 0 Å². The van der Waals surface area contributed by atoms with Crippen molar-refractivity contribution >= 4 is 12.0 Å². The minimum atomic E-state index is 0.0126. The quantitative estimate of drug-likeness (QED) is 0.606. The lowest BCUT2D eigenvalue weighted by molar-refractivity contribution is -0.129. The Kier molecular flexibility index (Phi) is 4.52. The molecule has 0 unspecified atom stereocenters. The predicted octanol–water partition coefficient (Wildman–Crippen LogP) is 1.34. The lowest BCUT2D eigenvalue weighted by Crippen LogP contribution is -2.39. The highest BCUT2D eigenvalue weighted by Crippen LogP contribution is 2.21. The number of para-hydroxylation sites is 1.